The third-order valence-electron chi connectivity index (χ3n) is 7.17. The van der Waals surface area contributed by atoms with Gasteiger partial charge in [-0.15, -0.1) is 0 Å². The van der Waals surface area contributed by atoms with Gasteiger partial charge in [-0.2, -0.15) is 0 Å². The smallest absolute Gasteiger partial charge is 0.410 e. The Kier molecular flexibility index (Phi) is 8.20. The Hall–Kier alpha value is -3.35. The summed E-state index contributed by atoms with van der Waals surface area (Å²) in [5.74, 6) is 0.371. The molecule has 0 radical (unpaired) electrons. The van der Waals surface area contributed by atoms with Gasteiger partial charge in [0.15, 0.2) is 0 Å². The third-order valence-corrected chi connectivity index (χ3v) is 7.17. The number of methoxy groups -OCH3 is 1. The van der Waals surface area contributed by atoms with Gasteiger partial charge in [-0.25, -0.2) is 9.59 Å². The summed E-state index contributed by atoms with van der Waals surface area (Å²) in [7, 11) is 1.35. The summed E-state index contributed by atoms with van der Waals surface area (Å²) in [5, 5.41) is 0. The second-order valence-electron chi connectivity index (χ2n) is 11.1. The van der Waals surface area contributed by atoms with Gasteiger partial charge in [0.25, 0.3) is 0 Å². The molecule has 0 spiro atoms. The number of likely N-dealkylation sites (tertiary alicyclic amines) is 1. The lowest BCUT2D eigenvalue weighted by molar-refractivity contribution is -0.132. The number of carbonyl (C=O) groups excluding carboxylic acids is 3. The summed E-state index contributed by atoms with van der Waals surface area (Å²) in [5.41, 5.74) is 2.06. The molecule has 2 aliphatic rings. The molecule has 1 saturated heterocycles. The summed E-state index contributed by atoms with van der Waals surface area (Å²) in [6.07, 6.45) is 2.72. The van der Waals surface area contributed by atoms with Crippen LogP contribution in [0.15, 0.2) is 54.6 Å². The van der Waals surface area contributed by atoms with Crippen LogP contribution in [0.4, 0.5) is 4.79 Å². The lowest BCUT2D eigenvalue weighted by Crippen LogP contribution is -2.45. The zero-order valence-electron chi connectivity index (χ0n) is 22.3. The fraction of sp³-hybridized carbons (Fsp3) is 0.500. The number of hydrogen-bond donors (Lipinski definition) is 0. The summed E-state index contributed by atoms with van der Waals surface area (Å²) < 4.78 is 10.5. The third kappa shape index (κ3) is 7.12. The number of hydrogen-bond acceptors (Lipinski definition) is 5. The van der Waals surface area contributed by atoms with Crippen LogP contribution in [0, 0.1) is 5.92 Å². The van der Waals surface area contributed by atoms with E-state index in [1.807, 2.05) is 48.8 Å². The number of piperidine rings is 1. The van der Waals surface area contributed by atoms with E-state index in [4.69, 9.17) is 9.47 Å². The van der Waals surface area contributed by atoms with Crippen molar-refractivity contribution in [3.05, 3.63) is 71.3 Å². The molecule has 2 aromatic carbocycles. The van der Waals surface area contributed by atoms with Crippen molar-refractivity contribution in [1.82, 2.24) is 9.80 Å². The minimum Gasteiger partial charge on any atom is -0.465 e. The standard InChI is InChI=1S/C30H38N2O5/c1-30(2,3)37-29(35)32(26-19-25(26)23-8-6-5-7-9-23)20-22-14-16-31(17-15-22)27(33)18-21-10-12-24(13-11-21)28(34)36-4/h5-13,22,25-26H,14-20H2,1-4H3. The van der Waals surface area contributed by atoms with E-state index in [9.17, 15) is 14.4 Å². The van der Waals surface area contributed by atoms with Gasteiger partial charge in [0.05, 0.1) is 19.1 Å². The molecule has 7 heteroatoms. The Bertz CT molecular complexity index is 1090. The highest BCUT2D eigenvalue weighted by atomic mass is 16.6. The minimum atomic E-state index is -0.544. The number of benzene rings is 2. The van der Waals surface area contributed by atoms with Crippen LogP contribution in [-0.4, -0.2) is 66.2 Å². The van der Waals surface area contributed by atoms with Crippen LogP contribution in [0.3, 0.4) is 0 Å². The number of ether oxygens (including phenoxy) is 2. The first-order chi connectivity index (χ1) is 17.6. The number of nitrogens with zero attached hydrogens (tertiary/aromatic N) is 2. The number of amides is 2. The lowest BCUT2D eigenvalue weighted by atomic mass is 9.95. The Morgan fingerprint density at radius 3 is 2.22 bits per heavy atom. The van der Waals surface area contributed by atoms with Gasteiger partial charge >= 0.3 is 12.1 Å². The van der Waals surface area contributed by atoms with Crippen LogP contribution in [-0.2, 0) is 20.7 Å². The molecule has 1 aliphatic heterocycles. The fourth-order valence-electron chi connectivity index (χ4n) is 5.06. The van der Waals surface area contributed by atoms with E-state index in [2.05, 4.69) is 12.1 Å². The molecule has 1 aliphatic carbocycles. The van der Waals surface area contributed by atoms with Gasteiger partial charge in [0.1, 0.15) is 5.60 Å². The predicted molar refractivity (Wildman–Crippen MR) is 141 cm³/mol. The molecule has 198 valence electrons. The second kappa shape index (κ2) is 11.4. The molecular weight excluding hydrogens is 468 g/mol. The Morgan fingerprint density at radius 2 is 1.62 bits per heavy atom. The van der Waals surface area contributed by atoms with E-state index in [-0.39, 0.29) is 24.0 Å². The van der Waals surface area contributed by atoms with Crippen LogP contribution in [0.5, 0.6) is 0 Å². The van der Waals surface area contributed by atoms with Gasteiger partial charge in [-0.05, 0) is 69.2 Å². The van der Waals surface area contributed by atoms with E-state index in [1.54, 1.807) is 24.3 Å². The fourth-order valence-corrected chi connectivity index (χ4v) is 5.06. The van der Waals surface area contributed by atoms with E-state index < -0.39 is 5.60 Å². The highest BCUT2D eigenvalue weighted by molar-refractivity contribution is 5.89. The lowest BCUT2D eigenvalue weighted by Gasteiger charge is -2.36. The zero-order valence-corrected chi connectivity index (χ0v) is 22.3. The highest BCUT2D eigenvalue weighted by Crippen LogP contribution is 2.45. The second-order valence-corrected chi connectivity index (χ2v) is 11.1. The molecular formula is C30H38N2O5. The molecule has 2 fully saturated rings. The van der Waals surface area contributed by atoms with Crippen molar-refractivity contribution in [2.24, 2.45) is 5.92 Å². The molecule has 2 aromatic rings. The number of carbonyl (C=O) groups is 3. The van der Waals surface area contributed by atoms with Crippen molar-refractivity contribution < 1.29 is 23.9 Å². The molecule has 37 heavy (non-hydrogen) atoms. The summed E-state index contributed by atoms with van der Waals surface area (Å²) in [6.45, 7) is 7.71. The highest BCUT2D eigenvalue weighted by Gasteiger charge is 2.46. The normalized spacial score (nSPS) is 19.7. The maximum Gasteiger partial charge on any atom is 0.410 e. The quantitative estimate of drug-likeness (QED) is 0.492. The van der Waals surface area contributed by atoms with Crippen LogP contribution in [0.1, 0.15) is 67.4 Å². The summed E-state index contributed by atoms with van der Waals surface area (Å²) in [4.78, 5) is 41.5. The minimum absolute atomic E-state index is 0.0830. The maximum atomic E-state index is 13.2. The molecule has 1 saturated carbocycles. The molecule has 0 N–H and O–H groups in total. The molecule has 2 amide bonds. The monoisotopic (exact) mass is 506 g/mol. The number of rotatable bonds is 7. The molecule has 1 heterocycles. The average molecular weight is 507 g/mol. The number of esters is 1. The van der Waals surface area contributed by atoms with E-state index in [1.165, 1.54) is 12.7 Å². The summed E-state index contributed by atoms with van der Waals surface area (Å²) >= 11 is 0. The van der Waals surface area contributed by atoms with Crippen molar-refractivity contribution in [2.75, 3.05) is 26.7 Å². The Morgan fingerprint density at radius 1 is 0.973 bits per heavy atom. The SMILES string of the molecule is COC(=O)c1ccc(CC(=O)N2CCC(CN(C(=O)OC(C)(C)C)C3CC3c3ccccc3)CC2)cc1. The van der Waals surface area contributed by atoms with Crippen molar-refractivity contribution in [1.29, 1.82) is 0 Å². The van der Waals surface area contributed by atoms with Gasteiger partial charge in [-0.3, -0.25) is 4.79 Å². The molecule has 2 atom stereocenters. The van der Waals surface area contributed by atoms with Crippen molar-refractivity contribution in [3.63, 3.8) is 0 Å². The van der Waals surface area contributed by atoms with Gasteiger partial charge < -0.3 is 19.3 Å². The van der Waals surface area contributed by atoms with Crippen LogP contribution >= 0.6 is 0 Å². The van der Waals surface area contributed by atoms with E-state index in [0.717, 1.165) is 24.8 Å². The first-order valence-electron chi connectivity index (χ1n) is 13.1. The average Bonchev–Trinajstić information content (AvgIpc) is 3.67. The van der Waals surface area contributed by atoms with Crippen molar-refractivity contribution >= 4 is 18.0 Å². The van der Waals surface area contributed by atoms with Gasteiger partial charge in [0.2, 0.25) is 5.91 Å². The molecule has 2 unspecified atom stereocenters. The van der Waals surface area contributed by atoms with Crippen LogP contribution < -0.4 is 0 Å². The first kappa shape index (κ1) is 26.7. The largest absolute Gasteiger partial charge is 0.465 e. The van der Waals surface area contributed by atoms with Crippen LogP contribution in [0.2, 0.25) is 0 Å². The molecule has 4 rings (SSSR count). The van der Waals surface area contributed by atoms with Crippen molar-refractivity contribution in [2.45, 2.75) is 64.0 Å². The molecule has 7 nitrogen and oxygen atoms in total. The van der Waals surface area contributed by atoms with E-state index >= 15 is 0 Å². The maximum absolute atomic E-state index is 13.2. The van der Waals surface area contributed by atoms with Crippen molar-refractivity contribution in [3.8, 4) is 0 Å². The zero-order chi connectivity index (χ0) is 26.6. The topological polar surface area (TPSA) is 76.2 Å². The Labute approximate surface area is 219 Å². The molecule has 0 aromatic heterocycles. The summed E-state index contributed by atoms with van der Waals surface area (Å²) in [6, 6.07) is 17.5. The first-order valence-corrected chi connectivity index (χ1v) is 13.1. The van der Waals surface area contributed by atoms with Gasteiger partial charge in [-0.1, -0.05) is 42.5 Å². The van der Waals surface area contributed by atoms with E-state index in [0.29, 0.717) is 43.5 Å². The van der Waals surface area contributed by atoms with Crippen LogP contribution in [0.25, 0.3) is 0 Å². The predicted octanol–water partition coefficient (Wildman–Crippen LogP) is 5.05. The Balaban J connectivity index is 1.32. The molecule has 0 bridgehead atoms. The van der Waals surface area contributed by atoms with Gasteiger partial charge in [0, 0.05) is 31.6 Å².